The summed E-state index contributed by atoms with van der Waals surface area (Å²) in [4.78, 5) is 0. The van der Waals surface area contributed by atoms with E-state index >= 15 is 0 Å². The lowest BCUT2D eigenvalue weighted by molar-refractivity contribution is 0.284. The van der Waals surface area contributed by atoms with Gasteiger partial charge in [0.25, 0.3) is 0 Å². The molecule has 0 aliphatic rings. The first kappa shape index (κ1) is 13.3. The van der Waals surface area contributed by atoms with Crippen LogP contribution in [0, 0.1) is 11.6 Å². The Balaban J connectivity index is 2.19. The third kappa shape index (κ3) is 3.00. The second-order valence-corrected chi connectivity index (χ2v) is 4.89. The molecular weight excluding hydrogens is 325 g/mol. The van der Waals surface area contributed by atoms with Crippen LogP contribution in [0.5, 0.6) is 5.75 Å². The normalized spacial score (nSPS) is 10.4. The maximum atomic E-state index is 13.5. The molecule has 0 bridgehead atoms. The summed E-state index contributed by atoms with van der Waals surface area (Å²) >= 11 is 9.05. The van der Waals surface area contributed by atoms with Crippen LogP contribution in [0.4, 0.5) is 8.78 Å². The zero-order valence-corrected chi connectivity index (χ0v) is 11.4. The maximum Gasteiger partial charge on any atom is 0.165 e. The lowest BCUT2D eigenvalue weighted by Crippen LogP contribution is -2.01. The van der Waals surface area contributed by atoms with Crippen LogP contribution in [-0.2, 0) is 6.61 Å². The van der Waals surface area contributed by atoms with Crippen LogP contribution in [0.1, 0.15) is 5.56 Å². The number of hydrogen-bond acceptors (Lipinski definition) is 1. The molecule has 2 rings (SSSR count). The standard InChI is InChI=1S/C13H8BrClF2O/c14-8-4-5-12(17)13(6-8)18-7-9-10(15)2-1-3-11(9)16/h1-6H,7H2. The summed E-state index contributed by atoms with van der Waals surface area (Å²) in [5.41, 5.74) is 0.207. The van der Waals surface area contributed by atoms with Gasteiger partial charge in [-0.2, -0.15) is 0 Å². The van der Waals surface area contributed by atoms with Gasteiger partial charge in [0.1, 0.15) is 12.4 Å². The van der Waals surface area contributed by atoms with Gasteiger partial charge in [-0.25, -0.2) is 8.78 Å². The SMILES string of the molecule is Fc1ccc(Br)cc1OCc1c(F)cccc1Cl. The Morgan fingerprint density at radius 1 is 1.11 bits per heavy atom. The molecule has 0 N–H and O–H groups in total. The molecule has 0 amide bonds. The van der Waals surface area contributed by atoms with E-state index in [0.29, 0.717) is 4.47 Å². The average Bonchev–Trinajstić information content (AvgIpc) is 2.33. The zero-order valence-electron chi connectivity index (χ0n) is 9.09. The van der Waals surface area contributed by atoms with Crippen molar-refractivity contribution in [3.8, 4) is 5.75 Å². The smallest absolute Gasteiger partial charge is 0.165 e. The van der Waals surface area contributed by atoms with Crippen LogP contribution >= 0.6 is 27.5 Å². The van der Waals surface area contributed by atoms with Crippen LogP contribution in [0.2, 0.25) is 5.02 Å². The summed E-state index contributed by atoms with van der Waals surface area (Å²) in [5.74, 6) is -0.938. The molecular formula is C13H8BrClF2O. The predicted molar refractivity (Wildman–Crippen MR) is 69.8 cm³/mol. The van der Waals surface area contributed by atoms with Gasteiger partial charge in [0, 0.05) is 10.0 Å². The first-order valence-corrected chi connectivity index (χ1v) is 6.26. The molecule has 18 heavy (non-hydrogen) atoms. The Morgan fingerprint density at radius 3 is 2.61 bits per heavy atom. The molecule has 2 aromatic rings. The predicted octanol–water partition coefficient (Wildman–Crippen LogP) is 4.96. The zero-order chi connectivity index (χ0) is 13.1. The average molecular weight is 334 g/mol. The van der Waals surface area contributed by atoms with Crippen molar-refractivity contribution < 1.29 is 13.5 Å². The van der Waals surface area contributed by atoms with Crippen LogP contribution in [0.15, 0.2) is 40.9 Å². The van der Waals surface area contributed by atoms with Crippen LogP contribution < -0.4 is 4.74 Å². The fourth-order valence-electron chi connectivity index (χ4n) is 1.41. The molecule has 0 spiro atoms. The molecule has 0 fully saturated rings. The maximum absolute atomic E-state index is 13.5. The summed E-state index contributed by atoms with van der Waals surface area (Å²) in [6.45, 7) is -0.126. The quantitative estimate of drug-likeness (QED) is 0.771. The van der Waals surface area contributed by atoms with Crippen molar-refractivity contribution >= 4 is 27.5 Å². The minimum absolute atomic E-state index is 0.0451. The highest BCUT2D eigenvalue weighted by Crippen LogP contribution is 2.25. The van der Waals surface area contributed by atoms with Crippen molar-refractivity contribution in [2.75, 3.05) is 0 Å². The van der Waals surface area contributed by atoms with E-state index < -0.39 is 11.6 Å². The van der Waals surface area contributed by atoms with E-state index in [2.05, 4.69) is 15.9 Å². The number of rotatable bonds is 3. The molecule has 1 nitrogen and oxygen atoms in total. The minimum Gasteiger partial charge on any atom is -0.486 e. The van der Waals surface area contributed by atoms with Crippen LogP contribution in [-0.4, -0.2) is 0 Å². The minimum atomic E-state index is -0.509. The summed E-state index contributed by atoms with van der Waals surface area (Å²) in [6, 6.07) is 8.63. The molecule has 0 unspecified atom stereocenters. The monoisotopic (exact) mass is 332 g/mol. The van der Waals surface area contributed by atoms with Gasteiger partial charge in [-0.05, 0) is 30.3 Å². The number of ether oxygens (including phenoxy) is 1. The molecule has 0 atom stereocenters. The van der Waals surface area contributed by atoms with E-state index in [1.807, 2.05) is 0 Å². The van der Waals surface area contributed by atoms with E-state index in [1.54, 1.807) is 12.1 Å². The largest absolute Gasteiger partial charge is 0.486 e. The fourth-order valence-corrected chi connectivity index (χ4v) is 1.97. The number of halogens is 4. The number of benzene rings is 2. The first-order chi connectivity index (χ1) is 8.58. The van der Waals surface area contributed by atoms with Crippen molar-refractivity contribution in [3.05, 3.63) is 63.1 Å². The second-order valence-electron chi connectivity index (χ2n) is 3.56. The second kappa shape index (κ2) is 5.67. The van der Waals surface area contributed by atoms with Gasteiger partial charge >= 0.3 is 0 Å². The molecule has 0 aromatic heterocycles. The van der Waals surface area contributed by atoms with Gasteiger partial charge in [0.2, 0.25) is 0 Å². The highest BCUT2D eigenvalue weighted by atomic mass is 79.9. The Labute approximate surface area is 116 Å². The molecule has 0 radical (unpaired) electrons. The van der Waals surface area contributed by atoms with E-state index in [-0.39, 0.29) is 22.9 Å². The molecule has 2 aromatic carbocycles. The molecule has 5 heteroatoms. The van der Waals surface area contributed by atoms with Gasteiger partial charge < -0.3 is 4.74 Å². The Morgan fingerprint density at radius 2 is 1.89 bits per heavy atom. The third-order valence-corrected chi connectivity index (χ3v) is 3.17. The lowest BCUT2D eigenvalue weighted by atomic mass is 10.2. The van der Waals surface area contributed by atoms with E-state index in [1.165, 1.54) is 24.3 Å². The van der Waals surface area contributed by atoms with Gasteiger partial charge in [-0.15, -0.1) is 0 Å². The molecule has 94 valence electrons. The Bertz CT molecular complexity index is 555. The van der Waals surface area contributed by atoms with Crippen molar-refractivity contribution in [2.24, 2.45) is 0 Å². The first-order valence-electron chi connectivity index (χ1n) is 5.08. The highest BCUT2D eigenvalue weighted by Gasteiger charge is 2.10. The molecule has 0 saturated carbocycles. The molecule has 0 aliphatic carbocycles. The molecule has 0 aliphatic heterocycles. The fraction of sp³-hybridized carbons (Fsp3) is 0.0769. The van der Waals surface area contributed by atoms with E-state index in [9.17, 15) is 8.78 Å². The van der Waals surface area contributed by atoms with E-state index in [0.717, 1.165) is 0 Å². The summed E-state index contributed by atoms with van der Waals surface area (Å²) < 4.78 is 32.8. The van der Waals surface area contributed by atoms with Gasteiger partial charge in [-0.1, -0.05) is 33.6 Å². The summed E-state index contributed by atoms with van der Waals surface area (Å²) in [7, 11) is 0. The number of hydrogen-bond donors (Lipinski definition) is 0. The topological polar surface area (TPSA) is 9.23 Å². The van der Waals surface area contributed by atoms with Crippen molar-refractivity contribution in [3.63, 3.8) is 0 Å². The van der Waals surface area contributed by atoms with Gasteiger partial charge in [0.05, 0.1) is 5.02 Å². The van der Waals surface area contributed by atoms with Gasteiger partial charge in [-0.3, -0.25) is 0 Å². The van der Waals surface area contributed by atoms with Crippen molar-refractivity contribution in [2.45, 2.75) is 6.61 Å². The van der Waals surface area contributed by atoms with Gasteiger partial charge in [0.15, 0.2) is 11.6 Å². The molecule has 0 saturated heterocycles. The van der Waals surface area contributed by atoms with Crippen molar-refractivity contribution in [1.29, 1.82) is 0 Å². The molecule has 0 heterocycles. The highest BCUT2D eigenvalue weighted by molar-refractivity contribution is 9.10. The van der Waals surface area contributed by atoms with Crippen LogP contribution in [0.25, 0.3) is 0 Å². The third-order valence-electron chi connectivity index (χ3n) is 2.33. The van der Waals surface area contributed by atoms with Crippen molar-refractivity contribution in [1.82, 2.24) is 0 Å². The van der Waals surface area contributed by atoms with E-state index in [4.69, 9.17) is 16.3 Å². The summed E-state index contributed by atoms with van der Waals surface area (Å²) in [5, 5.41) is 0.255. The summed E-state index contributed by atoms with van der Waals surface area (Å²) in [6.07, 6.45) is 0. The van der Waals surface area contributed by atoms with Crippen LogP contribution in [0.3, 0.4) is 0 Å². The lowest BCUT2D eigenvalue weighted by Gasteiger charge is -2.09. The Kier molecular flexibility index (Phi) is 4.19. The Hall–Kier alpha value is -1.13.